The minimum Gasteiger partial charge on any atom is -0.394 e. The van der Waals surface area contributed by atoms with Gasteiger partial charge in [-0.3, -0.25) is 4.79 Å². The molecule has 1 saturated carbocycles. The fourth-order valence-corrected chi connectivity index (χ4v) is 2.12. The second kappa shape index (κ2) is 6.83. The van der Waals surface area contributed by atoms with E-state index in [1.54, 1.807) is 0 Å². The van der Waals surface area contributed by atoms with E-state index >= 15 is 0 Å². The summed E-state index contributed by atoms with van der Waals surface area (Å²) in [5.41, 5.74) is 0. The highest BCUT2D eigenvalue weighted by Crippen LogP contribution is 2.22. The molecule has 0 bridgehead atoms. The highest BCUT2D eigenvalue weighted by Gasteiger charge is 2.20. The van der Waals surface area contributed by atoms with E-state index < -0.39 is 0 Å². The summed E-state index contributed by atoms with van der Waals surface area (Å²) in [5, 5.41) is 11.7. The quantitative estimate of drug-likeness (QED) is 0.751. The van der Waals surface area contributed by atoms with Gasteiger partial charge in [-0.1, -0.05) is 32.1 Å². The van der Waals surface area contributed by atoms with E-state index in [9.17, 15) is 4.79 Å². The Morgan fingerprint density at radius 3 is 2.33 bits per heavy atom. The molecule has 1 aliphatic rings. The maximum Gasteiger partial charge on any atom is 0.223 e. The number of aliphatic hydroxyl groups excluding tert-OH is 1. The van der Waals surface area contributed by atoms with Crippen molar-refractivity contribution < 1.29 is 9.90 Å². The lowest BCUT2D eigenvalue weighted by atomic mass is 9.90. The summed E-state index contributed by atoms with van der Waals surface area (Å²) in [4.78, 5) is 11.8. The molecule has 2 N–H and O–H groups in total. The number of hydrogen-bond acceptors (Lipinski definition) is 2. The Morgan fingerprint density at radius 1 is 1.27 bits per heavy atom. The van der Waals surface area contributed by atoms with E-state index in [1.807, 2.05) is 6.92 Å². The molecule has 1 aliphatic carbocycles. The number of nitrogens with one attached hydrogen (secondary N) is 1. The monoisotopic (exact) mass is 213 g/mol. The zero-order chi connectivity index (χ0) is 11.1. The smallest absolute Gasteiger partial charge is 0.223 e. The zero-order valence-corrected chi connectivity index (χ0v) is 9.67. The van der Waals surface area contributed by atoms with Crippen LogP contribution in [0, 0.1) is 5.92 Å². The van der Waals surface area contributed by atoms with Gasteiger partial charge in [-0.2, -0.15) is 0 Å². The van der Waals surface area contributed by atoms with Crippen LogP contribution < -0.4 is 5.32 Å². The minimum atomic E-state index is -0.108. The first kappa shape index (κ1) is 12.5. The highest BCUT2D eigenvalue weighted by atomic mass is 16.3. The molecule has 3 nitrogen and oxygen atoms in total. The van der Waals surface area contributed by atoms with Crippen LogP contribution in [0.4, 0.5) is 0 Å². The van der Waals surface area contributed by atoms with Crippen LogP contribution in [-0.2, 0) is 4.79 Å². The first-order valence-corrected chi connectivity index (χ1v) is 6.15. The van der Waals surface area contributed by atoms with Gasteiger partial charge < -0.3 is 10.4 Å². The van der Waals surface area contributed by atoms with Crippen LogP contribution in [0.15, 0.2) is 0 Å². The molecular weight excluding hydrogens is 190 g/mol. The standard InChI is InChI=1S/C12H23NO2/c1-10(9-14)13-12(15)11-7-5-3-2-4-6-8-11/h10-11,14H,2-9H2,1H3,(H,13,15)/t10-/m1/s1. The number of carbonyl (C=O) groups excluding carboxylic acids is 1. The van der Waals surface area contributed by atoms with Gasteiger partial charge in [0.25, 0.3) is 0 Å². The van der Waals surface area contributed by atoms with Crippen molar-refractivity contribution in [3.63, 3.8) is 0 Å². The first-order valence-electron chi connectivity index (χ1n) is 6.15. The lowest BCUT2D eigenvalue weighted by molar-refractivity contribution is -0.126. The van der Waals surface area contributed by atoms with Gasteiger partial charge >= 0.3 is 0 Å². The predicted molar refractivity (Wildman–Crippen MR) is 60.5 cm³/mol. The Kier molecular flexibility index (Phi) is 5.69. The molecule has 15 heavy (non-hydrogen) atoms. The minimum absolute atomic E-state index is 0.0262. The van der Waals surface area contributed by atoms with Gasteiger partial charge in [-0.25, -0.2) is 0 Å². The van der Waals surface area contributed by atoms with E-state index in [4.69, 9.17) is 5.11 Å². The average Bonchev–Trinajstić information content (AvgIpc) is 2.16. The average molecular weight is 213 g/mol. The predicted octanol–water partition coefficient (Wildman–Crippen LogP) is 1.84. The molecule has 0 aliphatic heterocycles. The molecule has 0 saturated heterocycles. The van der Waals surface area contributed by atoms with Crippen molar-refractivity contribution in [3.8, 4) is 0 Å². The molecule has 1 rings (SSSR count). The third kappa shape index (κ3) is 4.65. The van der Waals surface area contributed by atoms with E-state index in [0.29, 0.717) is 0 Å². The molecule has 0 unspecified atom stereocenters. The molecule has 0 heterocycles. The third-order valence-corrected chi connectivity index (χ3v) is 3.14. The highest BCUT2D eigenvalue weighted by molar-refractivity contribution is 5.78. The zero-order valence-electron chi connectivity index (χ0n) is 9.67. The van der Waals surface area contributed by atoms with E-state index in [2.05, 4.69) is 5.32 Å². The van der Waals surface area contributed by atoms with Crippen LogP contribution in [0.25, 0.3) is 0 Å². The second-order valence-corrected chi connectivity index (χ2v) is 4.63. The van der Waals surface area contributed by atoms with Crippen molar-refractivity contribution in [2.24, 2.45) is 5.92 Å². The summed E-state index contributed by atoms with van der Waals surface area (Å²) in [6.45, 7) is 1.86. The van der Waals surface area contributed by atoms with Crippen LogP contribution in [0.1, 0.15) is 51.9 Å². The summed E-state index contributed by atoms with van der Waals surface area (Å²) >= 11 is 0. The lowest BCUT2D eigenvalue weighted by Crippen LogP contribution is -2.39. The SMILES string of the molecule is C[C@H](CO)NC(=O)C1CCCCCCC1. The van der Waals surface area contributed by atoms with Gasteiger partial charge in [0.05, 0.1) is 6.61 Å². The topological polar surface area (TPSA) is 49.3 Å². The summed E-state index contributed by atoms with van der Waals surface area (Å²) in [6.07, 6.45) is 8.23. The molecule has 1 atom stereocenters. The number of carbonyl (C=O) groups is 1. The fourth-order valence-electron chi connectivity index (χ4n) is 2.12. The van der Waals surface area contributed by atoms with Crippen molar-refractivity contribution in [1.82, 2.24) is 5.32 Å². The second-order valence-electron chi connectivity index (χ2n) is 4.63. The number of hydrogen-bond donors (Lipinski definition) is 2. The number of amides is 1. The lowest BCUT2D eigenvalue weighted by Gasteiger charge is -2.21. The molecule has 88 valence electrons. The normalized spacial score (nSPS) is 21.5. The van der Waals surface area contributed by atoms with E-state index in [-0.39, 0.29) is 24.5 Å². The number of aliphatic hydroxyl groups is 1. The molecular formula is C12H23NO2. The largest absolute Gasteiger partial charge is 0.394 e. The van der Waals surface area contributed by atoms with Crippen molar-refractivity contribution >= 4 is 5.91 Å². The van der Waals surface area contributed by atoms with Crippen LogP contribution in [0.5, 0.6) is 0 Å². The molecule has 0 aromatic rings. The molecule has 1 amide bonds. The van der Waals surface area contributed by atoms with Crippen molar-refractivity contribution in [2.45, 2.75) is 57.9 Å². The first-order chi connectivity index (χ1) is 7.24. The Hall–Kier alpha value is -0.570. The van der Waals surface area contributed by atoms with E-state index in [1.165, 1.54) is 32.1 Å². The molecule has 0 aromatic carbocycles. The van der Waals surface area contributed by atoms with Gasteiger partial charge in [0.1, 0.15) is 0 Å². The summed E-state index contributed by atoms with van der Waals surface area (Å²) in [5.74, 6) is 0.317. The number of rotatable bonds is 3. The van der Waals surface area contributed by atoms with Crippen molar-refractivity contribution in [1.29, 1.82) is 0 Å². The van der Waals surface area contributed by atoms with Crippen molar-refractivity contribution in [2.75, 3.05) is 6.61 Å². The Balaban J connectivity index is 2.34. The van der Waals surface area contributed by atoms with Gasteiger partial charge in [0, 0.05) is 12.0 Å². The molecule has 0 spiro atoms. The Morgan fingerprint density at radius 2 is 1.80 bits per heavy atom. The van der Waals surface area contributed by atoms with E-state index in [0.717, 1.165) is 12.8 Å². The van der Waals surface area contributed by atoms with Gasteiger partial charge in [-0.15, -0.1) is 0 Å². The molecule has 0 aromatic heterocycles. The summed E-state index contributed by atoms with van der Waals surface area (Å²) < 4.78 is 0. The van der Waals surface area contributed by atoms with Gasteiger partial charge in [0.2, 0.25) is 5.91 Å². The van der Waals surface area contributed by atoms with Crippen molar-refractivity contribution in [3.05, 3.63) is 0 Å². The Labute approximate surface area is 92.3 Å². The maximum atomic E-state index is 11.8. The Bertz CT molecular complexity index is 186. The summed E-state index contributed by atoms with van der Waals surface area (Å²) in [7, 11) is 0. The van der Waals surface area contributed by atoms with Crippen LogP contribution in [-0.4, -0.2) is 23.7 Å². The van der Waals surface area contributed by atoms with Crippen LogP contribution in [0.2, 0.25) is 0 Å². The third-order valence-electron chi connectivity index (χ3n) is 3.14. The van der Waals surface area contributed by atoms with Crippen LogP contribution >= 0.6 is 0 Å². The summed E-state index contributed by atoms with van der Waals surface area (Å²) in [6, 6.07) is -0.108. The molecule has 3 heteroatoms. The maximum absolute atomic E-state index is 11.8. The van der Waals surface area contributed by atoms with Crippen LogP contribution in [0.3, 0.4) is 0 Å². The van der Waals surface area contributed by atoms with Gasteiger partial charge in [0.15, 0.2) is 0 Å². The molecule has 1 fully saturated rings. The van der Waals surface area contributed by atoms with Gasteiger partial charge in [-0.05, 0) is 19.8 Å². The molecule has 0 radical (unpaired) electrons. The fraction of sp³-hybridized carbons (Fsp3) is 0.917.